The Morgan fingerprint density at radius 3 is 2.77 bits per heavy atom. The van der Waals surface area contributed by atoms with Crippen molar-refractivity contribution in [3.63, 3.8) is 0 Å². The second kappa shape index (κ2) is 4.58. The van der Waals surface area contributed by atoms with E-state index in [0.29, 0.717) is 13.2 Å². The number of carbonyl (C=O) groups excluding carboxylic acids is 1. The maximum atomic E-state index is 11.7. The minimum atomic E-state index is -0.152. The van der Waals surface area contributed by atoms with Crippen molar-refractivity contribution < 1.29 is 9.53 Å². The maximum absolute atomic E-state index is 11.7. The summed E-state index contributed by atoms with van der Waals surface area (Å²) in [5.41, 5.74) is 0. The van der Waals surface area contributed by atoms with Gasteiger partial charge in [0.25, 0.3) is 0 Å². The van der Waals surface area contributed by atoms with E-state index >= 15 is 0 Å². The molecule has 0 spiro atoms. The first-order valence-corrected chi connectivity index (χ1v) is 4.70. The Kier molecular flexibility index (Phi) is 3.69. The molecule has 4 nitrogen and oxygen atoms in total. The van der Waals surface area contributed by atoms with Crippen LogP contribution in [0.1, 0.15) is 13.8 Å². The van der Waals surface area contributed by atoms with Gasteiger partial charge in [-0.15, -0.1) is 0 Å². The van der Waals surface area contributed by atoms with Crippen LogP contribution in [0.25, 0.3) is 0 Å². The zero-order valence-corrected chi connectivity index (χ0v) is 8.54. The number of ether oxygens (including phenoxy) is 1. The monoisotopic (exact) mass is 186 g/mol. The van der Waals surface area contributed by atoms with Crippen LogP contribution < -0.4 is 5.32 Å². The third-order valence-corrected chi connectivity index (χ3v) is 2.34. The van der Waals surface area contributed by atoms with Crippen molar-refractivity contribution in [3.8, 4) is 0 Å². The van der Waals surface area contributed by atoms with E-state index in [1.165, 1.54) is 0 Å². The second-order valence-electron chi connectivity index (χ2n) is 3.62. The average molecular weight is 186 g/mol. The third-order valence-electron chi connectivity index (χ3n) is 2.34. The molecule has 1 heterocycles. The molecule has 0 saturated carbocycles. The number of morpholine rings is 1. The van der Waals surface area contributed by atoms with Gasteiger partial charge in [0.15, 0.2) is 0 Å². The van der Waals surface area contributed by atoms with Gasteiger partial charge in [0.2, 0.25) is 5.91 Å². The molecule has 1 aliphatic heterocycles. The van der Waals surface area contributed by atoms with Crippen LogP contribution in [0.5, 0.6) is 0 Å². The molecule has 0 aromatic carbocycles. The molecule has 1 atom stereocenters. The van der Waals surface area contributed by atoms with Gasteiger partial charge in [0.05, 0.1) is 13.2 Å². The topological polar surface area (TPSA) is 41.6 Å². The van der Waals surface area contributed by atoms with Crippen LogP contribution in [0.4, 0.5) is 0 Å². The van der Waals surface area contributed by atoms with Gasteiger partial charge < -0.3 is 15.0 Å². The molecule has 1 unspecified atom stereocenters. The lowest BCUT2D eigenvalue weighted by Gasteiger charge is -2.29. The van der Waals surface area contributed by atoms with Gasteiger partial charge in [-0.25, -0.2) is 0 Å². The van der Waals surface area contributed by atoms with Crippen molar-refractivity contribution in [2.75, 3.05) is 26.8 Å². The highest BCUT2D eigenvalue weighted by Gasteiger charge is 2.25. The summed E-state index contributed by atoms with van der Waals surface area (Å²) in [6.45, 7) is 5.97. The number of likely N-dealkylation sites (N-methyl/N-ethyl adjacent to an activating group) is 1. The van der Waals surface area contributed by atoms with E-state index in [0.717, 1.165) is 6.54 Å². The standard InChI is InChI=1S/C9H18N2O2/c1-7(2)11(3)9(12)8-6-13-5-4-10-8/h7-8,10H,4-6H2,1-3H3. The van der Waals surface area contributed by atoms with Crippen molar-refractivity contribution in [1.29, 1.82) is 0 Å². The Labute approximate surface area is 79.2 Å². The lowest BCUT2D eigenvalue weighted by molar-refractivity contribution is -0.136. The molecule has 1 saturated heterocycles. The fraction of sp³-hybridized carbons (Fsp3) is 0.889. The summed E-state index contributed by atoms with van der Waals surface area (Å²) in [4.78, 5) is 13.5. The SMILES string of the molecule is CC(C)N(C)C(=O)C1COCCN1. The molecule has 0 bridgehead atoms. The van der Waals surface area contributed by atoms with Gasteiger partial charge >= 0.3 is 0 Å². The quantitative estimate of drug-likeness (QED) is 0.651. The van der Waals surface area contributed by atoms with Crippen molar-refractivity contribution >= 4 is 5.91 Å². The highest BCUT2D eigenvalue weighted by atomic mass is 16.5. The second-order valence-corrected chi connectivity index (χ2v) is 3.62. The van der Waals surface area contributed by atoms with Crippen molar-refractivity contribution in [3.05, 3.63) is 0 Å². The Bertz CT molecular complexity index is 176. The summed E-state index contributed by atoms with van der Waals surface area (Å²) in [5, 5.41) is 3.14. The van der Waals surface area contributed by atoms with E-state index in [1.807, 2.05) is 20.9 Å². The molecule has 1 rings (SSSR count). The van der Waals surface area contributed by atoms with Gasteiger partial charge in [0.1, 0.15) is 6.04 Å². The summed E-state index contributed by atoms with van der Waals surface area (Å²) in [5.74, 6) is 0.120. The molecule has 0 aromatic heterocycles. The van der Waals surface area contributed by atoms with E-state index in [-0.39, 0.29) is 18.0 Å². The summed E-state index contributed by atoms with van der Waals surface area (Å²) in [6, 6.07) is 0.0948. The Hall–Kier alpha value is -0.610. The maximum Gasteiger partial charge on any atom is 0.242 e. The number of rotatable bonds is 2. The largest absolute Gasteiger partial charge is 0.378 e. The van der Waals surface area contributed by atoms with Crippen LogP contribution in [-0.4, -0.2) is 49.7 Å². The smallest absolute Gasteiger partial charge is 0.242 e. The molecule has 76 valence electrons. The Morgan fingerprint density at radius 1 is 1.62 bits per heavy atom. The minimum absolute atomic E-state index is 0.120. The molecule has 0 aliphatic carbocycles. The highest BCUT2D eigenvalue weighted by molar-refractivity contribution is 5.82. The van der Waals surface area contributed by atoms with Crippen LogP contribution in [0, 0.1) is 0 Å². The molecule has 0 radical (unpaired) electrons. The summed E-state index contributed by atoms with van der Waals surface area (Å²) in [7, 11) is 1.82. The molecule has 0 aromatic rings. The highest BCUT2D eigenvalue weighted by Crippen LogP contribution is 2.01. The average Bonchev–Trinajstić information content (AvgIpc) is 2.17. The predicted octanol–water partition coefficient (Wildman–Crippen LogP) is -0.158. The zero-order chi connectivity index (χ0) is 9.84. The Morgan fingerprint density at radius 2 is 2.31 bits per heavy atom. The van der Waals surface area contributed by atoms with E-state index in [2.05, 4.69) is 5.32 Å². The summed E-state index contributed by atoms with van der Waals surface area (Å²) in [6.07, 6.45) is 0. The zero-order valence-electron chi connectivity index (χ0n) is 8.54. The minimum Gasteiger partial charge on any atom is -0.378 e. The molecule has 1 fully saturated rings. The van der Waals surface area contributed by atoms with Gasteiger partial charge in [-0.05, 0) is 13.8 Å². The molecule has 1 amide bonds. The first-order chi connectivity index (χ1) is 6.13. The van der Waals surface area contributed by atoms with Gasteiger partial charge in [-0.1, -0.05) is 0 Å². The number of nitrogens with one attached hydrogen (secondary N) is 1. The first-order valence-electron chi connectivity index (χ1n) is 4.70. The number of hydrogen-bond acceptors (Lipinski definition) is 3. The number of hydrogen-bond donors (Lipinski definition) is 1. The van der Waals surface area contributed by atoms with E-state index in [1.54, 1.807) is 4.90 Å². The lowest BCUT2D eigenvalue weighted by atomic mass is 10.2. The molecular formula is C9H18N2O2. The van der Waals surface area contributed by atoms with Crippen LogP contribution >= 0.6 is 0 Å². The molecule has 1 aliphatic rings. The summed E-state index contributed by atoms with van der Waals surface area (Å²) < 4.78 is 5.22. The third kappa shape index (κ3) is 2.67. The fourth-order valence-corrected chi connectivity index (χ4v) is 1.22. The van der Waals surface area contributed by atoms with Gasteiger partial charge in [0, 0.05) is 19.6 Å². The summed E-state index contributed by atoms with van der Waals surface area (Å²) >= 11 is 0. The van der Waals surface area contributed by atoms with Crippen molar-refractivity contribution in [1.82, 2.24) is 10.2 Å². The molecule has 1 N–H and O–H groups in total. The predicted molar refractivity (Wildman–Crippen MR) is 50.5 cm³/mol. The van der Waals surface area contributed by atoms with E-state index in [4.69, 9.17) is 4.74 Å². The van der Waals surface area contributed by atoms with Crippen LogP contribution in [0.2, 0.25) is 0 Å². The van der Waals surface area contributed by atoms with Crippen molar-refractivity contribution in [2.24, 2.45) is 0 Å². The van der Waals surface area contributed by atoms with Gasteiger partial charge in [-0.3, -0.25) is 4.79 Å². The van der Waals surface area contributed by atoms with Crippen LogP contribution in [0.3, 0.4) is 0 Å². The van der Waals surface area contributed by atoms with E-state index in [9.17, 15) is 4.79 Å². The van der Waals surface area contributed by atoms with Crippen LogP contribution in [0.15, 0.2) is 0 Å². The normalized spacial score (nSPS) is 23.2. The lowest BCUT2D eigenvalue weighted by Crippen LogP contribution is -2.52. The van der Waals surface area contributed by atoms with E-state index < -0.39 is 0 Å². The Balaban J connectivity index is 2.45. The molecule has 4 heteroatoms. The molecule has 13 heavy (non-hydrogen) atoms. The first kappa shape index (κ1) is 10.5. The fourth-order valence-electron chi connectivity index (χ4n) is 1.22. The van der Waals surface area contributed by atoms with Gasteiger partial charge in [-0.2, -0.15) is 0 Å². The molecular weight excluding hydrogens is 168 g/mol. The van der Waals surface area contributed by atoms with Crippen LogP contribution in [-0.2, 0) is 9.53 Å². The number of amides is 1. The van der Waals surface area contributed by atoms with Crippen molar-refractivity contribution in [2.45, 2.75) is 25.9 Å². The number of nitrogens with zero attached hydrogens (tertiary/aromatic N) is 1. The number of carbonyl (C=O) groups is 1.